The van der Waals surface area contributed by atoms with Crippen LogP contribution in [0.25, 0.3) is 10.8 Å². The number of nitrogens with one attached hydrogen (secondary N) is 1. The summed E-state index contributed by atoms with van der Waals surface area (Å²) in [6.45, 7) is 0.634. The van der Waals surface area contributed by atoms with Gasteiger partial charge in [-0.05, 0) is 65.3 Å². The number of benzene rings is 3. The van der Waals surface area contributed by atoms with E-state index >= 15 is 0 Å². The first-order valence-corrected chi connectivity index (χ1v) is 10.8. The Morgan fingerprint density at radius 3 is 2.52 bits per heavy atom. The number of amides is 1. The first-order valence-electron chi connectivity index (χ1n) is 10.8. The summed E-state index contributed by atoms with van der Waals surface area (Å²) in [6, 6.07) is 20.4. The number of hydrogen-bond donors (Lipinski definition) is 2. The van der Waals surface area contributed by atoms with Crippen molar-refractivity contribution in [3.05, 3.63) is 77.4 Å². The third-order valence-corrected chi connectivity index (χ3v) is 6.00. The number of fused-ring (bicyclic) bond motifs is 1. The van der Waals surface area contributed by atoms with E-state index < -0.39 is 0 Å². The lowest BCUT2D eigenvalue weighted by Crippen LogP contribution is -2.33. The van der Waals surface area contributed by atoms with Gasteiger partial charge >= 0.3 is 0 Å². The SMILES string of the molecule is O=C(NCCc1cc(Cc2ccccc2)cc2ccc(O)cc12)C1CCCCC1. The Bertz CT molecular complexity index is 975. The zero-order valence-electron chi connectivity index (χ0n) is 16.9. The normalized spacial score (nSPS) is 14.8. The Morgan fingerprint density at radius 2 is 1.72 bits per heavy atom. The van der Waals surface area contributed by atoms with Crippen LogP contribution in [0.4, 0.5) is 0 Å². The van der Waals surface area contributed by atoms with Gasteiger partial charge in [0.25, 0.3) is 0 Å². The van der Waals surface area contributed by atoms with Crippen LogP contribution < -0.4 is 5.32 Å². The van der Waals surface area contributed by atoms with Crippen molar-refractivity contribution in [2.24, 2.45) is 5.92 Å². The van der Waals surface area contributed by atoms with Crippen molar-refractivity contribution in [1.82, 2.24) is 5.32 Å². The maximum atomic E-state index is 12.5. The quantitative estimate of drug-likeness (QED) is 0.597. The summed E-state index contributed by atoms with van der Waals surface area (Å²) in [6.07, 6.45) is 7.28. The third kappa shape index (κ3) is 4.97. The third-order valence-electron chi connectivity index (χ3n) is 6.00. The fourth-order valence-electron chi connectivity index (χ4n) is 4.46. The summed E-state index contributed by atoms with van der Waals surface area (Å²) in [4.78, 5) is 12.5. The first kappa shape index (κ1) is 19.5. The molecule has 1 aliphatic carbocycles. The molecule has 2 N–H and O–H groups in total. The zero-order valence-corrected chi connectivity index (χ0v) is 16.9. The minimum absolute atomic E-state index is 0.189. The molecule has 150 valence electrons. The Balaban J connectivity index is 1.51. The second kappa shape index (κ2) is 9.13. The fourth-order valence-corrected chi connectivity index (χ4v) is 4.46. The van der Waals surface area contributed by atoms with Crippen molar-refractivity contribution >= 4 is 16.7 Å². The number of aromatic hydroxyl groups is 1. The maximum Gasteiger partial charge on any atom is 0.223 e. The van der Waals surface area contributed by atoms with E-state index in [9.17, 15) is 9.90 Å². The molecule has 29 heavy (non-hydrogen) atoms. The highest BCUT2D eigenvalue weighted by Crippen LogP contribution is 2.27. The van der Waals surface area contributed by atoms with Gasteiger partial charge in [0.2, 0.25) is 5.91 Å². The van der Waals surface area contributed by atoms with Gasteiger partial charge in [-0.1, -0.05) is 67.8 Å². The molecular formula is C26H29NO2. The molecule has 1 aliphatic rings. The van der Waals surface area contributed by atoms with Gasteiger partial charge in [0.05, 0.1) is 0 Å². The number of rotatable bonds is 6. The Labute approximate surface area is 172 Å². The van der Waals surface area contributed by atoms with Gasteiger partial charge in [-0.3, -0.25) is 4.79 Å². The van der Waals surface area contributed by atoms with Crippen LogP contribution in [0.15, 0.2) is 60.7 Å². The van der Waals surface area contributed by atoms with E-state index in [1.807, 2.05) is 18.2 Å². The molecule has 3 aromatic carbocycles. The molecule has 0 aromatic heterocycles. The van der Waals surface area contributed by atoms with Crippen molar-refractivity contribution in [2.45, 2.75) is 44.9 Å². The number of phenolic OH excluding ortho intramolecular Hbond substituents is 1. The number of hydrogen-bond acceptors (Lipinski definition) is 2. The minimum atomic E-state index is 0.189. The molecule has 0 spiro atoms. The summed E-state index contributed by atoms with van der Waals surface area (Å²) in [5.74, 6) is 0.673. The molecule has 0 saturated heterocycles. The Hall–Kier alpha value is -2.81. The number of carbonyl (C=O) groups excluding carboxylic acids is 1. The van der Waals surface area contributed by atoms with Gasteiger partial charge in [0, 0.05) is 12.5 Å². The van der Waals surface area contributed by atoms with E-state index in [0.29, 0.717) is 6.54 Å². The molecule has 0 aliphatic heterocycles. The predicted octanol–water partition coefficient (Wildman–Crippen LogP) is 5.38. The lowest BCUT2D eigenvalue weighted by atomic mass is 9.88. The molecule has 0 radical (unpaired) electrons. The highest BCUT2D eigenvalue weighted by Gasteiger charge is 2.20. The molecule has 0 bridgehead atoms. The van der Waals surface area contributed by atoms with Gasteiger partial charge in [0.15, 0.2) is 0 Å². The topological polar surface area (TPSA) is 49.3 Å². The van der Waals surface area contributed by atoms with Crippen LogP contribution in [0.1, 0.15) is 48.8 Å². The van der Waals surface area contributed by atoms with Gasteiger partial charge in [0.1, 0.15) is 5.75 Å². The first-order chi connectivity index (χ1) is 14.2. The van der Waals surface area contributed by atoms with E-state index in [0.717, 1.165) is 36.5 Å². The highest BCUT2D eigenvalue weighted by molar-refractivity contribution is 5.88. The van der Waals surface area contributed by atoms with Crippen molar-refractivity contribution < 1.29 is 9.90 Å². The van der Waals surface area contributed by atoms with Gasteiger partial charge in [-0.2, -0.15) is 0 Å². The van der Waals surface area contributed by atoms with Crippen LogP contribution >= 0.6 is 0 Å². The lowest BCUT2D eigenvalue weighted by Gasteiger charge is -2.21. The zero-order chi connectivity index (χ0) is 20.1. The average molecular weight is 388 g/mol. The second-order valence-electron chi connectivity index (χ2n) is 8.20. The summed E-state index contributed by atoms with van der Waals surface area (Å²) >= 11 is 0. The van der Waals surface area contributed by atoms with Crippen molar-refractivity contribution in [3.63, 3.8) is 0 Å². The van der Waals surface area contributed by atoms with E-state index in [2.05, 4.69) is 41.7 Å². The Morgan fingerprint density at radius 1 is 0.931 bits per heavy atom. The van der Waals surface area contributed by atoms with Crippen LogP contribution in [-0.2, 0) is 17.6 Å². The minimum Gasteiger partial charge on any atom is -0.508 e. The molecule has 0 unspecified atom stereocenters. The van der Waals surface area contributed by atoms with Gasteiger partial charge in [-0.15, -0.1) is 0 Å². The number of carbonyl (C=O) groups is 1. The van der Waals surface area contributed by atoms with E-state index in [4.69, 9.17) is 0 Å². The smallest absolute Gasteiger partial charge is 0.223 e. The molecule has 0 heterocycles. The largest absolute Gasteiger partial charge is 0.508 e. The van der Waals surface area contributed by atoms with Crippen LogP contribution in [0.5, 0.6) is 5.75 Å². The van der Waals surface area contributed by atoms with Gasteiger partial charge in [-0.25, -0.2) is 0 Å². The molecule has 0 atom stereocenters. The highest BCUT2D eigenvalue weighted by atomic mass is 16.3. The average Bonchev–Trinajstić information content (AvgIpc) is 2.75. The van der Waals surface area contributed by atoms with E-state index in [1.54, 1.807) is 6.07 Å². The van der Waals surface area contributed by atoms with Crippen LogP contribution in [0.2, 0.25) is 0 Å². The van der Waals surface area contributed by atoms with E-state index in [1.165, 1.54) is 36.0 Å². The summed E-state index contributed by atoms with van der Waals surface area (Å²) < 4.78 is 0. The molecule has 3 nitrogen and oxygen atoms in total. The maximum absolute atomic E-state index is 12.5. The monoisotopic (exact) mass is 387 g/mol. The summed E-state index contributed by atoms with van der Waals surface area (Å²) in [5, 5.41) is 15.3. The van der Waals surface area contributed by atoms with Crippen LogP contribution in [0, 0.1) is 5.92 Å². The van der Waals surface area contributed by atoms with Gasteiger partial charge < -0.3 is 10.4 Å². The Kier molecular flexibility index (Phi) is 6.14. The molecule has 1 saturated carbocycles. The summed E-state index contributed by atoms with van der Waals surface area (Å²) in [5.41, 5.74) is 3.71. The molecule has 1 amide bonds. The lowest BCUT2D eigenvalue weighted by molar-refractivity contribution is -0.125. The van der Waals surface area contributed by atoms with Crippen molar-refractivity contribution in [2.75, 3.05) is 6.54 Å². The van der Waals surface area contributed by atoms with Crippen molar-refractivity contribution in [1.29, 1.82) is 0 Å². The summed E-state index contributed by atoms with van der Waals surface area (Å²) in [7, 11) is 0. The van der Waals surface area contributed by atoms with E-state index in [-0.39, 0.29) is 17.6 Å². The second-order valence-corrected chi connectivity index (χ2v) is 8.20. The molecule has 3 aromatic rings. The standard InChI is InChI=1S/C26H29NO2/c28-24-12-11-22-16-20(15-19-7-3-1-4-8-19)17-23(25(22)18-24)13-14-27-26(29)21-9-5-2-6-10-21/h1,3-4,7-8,11-12,16-18,21,28H,2,5-6,9-10,13-15H2,(H,27,29). The number of phenols is 1. The fraction of sp³-hybridized carbons (Fsp3) is 0.346. The van der Waals surface area contributed by atoms with Crippen molar-refractivity contribution in [3.8, 4) is 5.75 Å². The molecule has 4 rings (SSSR count). The van der Waals surface area contributed by atoms with Crippen LogP contribution in [-0.4, -0.2) is 17.6 Å². The predicted molar refractivity (Wildman–Crippen MR) is 118 cm³/mol. The molecule has 3 heteroatoms. The molecular weight excluding hydrogens is 358 g/mol. The van der Waals surface area contributed by atoms with Crippen LogP contribution in [0.3, 0.4) is 0 Å². The molecule has 1 fully saturated rings.